The predicted molar refractivity (Wildman–Crippen MR) is 81.8 cm³/mol. The third kappa shape index (κ3) is 3.07. The molecule has 0 aliphatic heterocycles. The van der Waals surface area contributed by atoms with Gasteiger partial charge in [0.15, 0.2) is 0 Å². The summed E-state index contributed by atoms with van der Waals surface area (Å²) < 4.78 is 1.08. The molecular formula is C15H14BrN3. The summed E-state index contributed by atoms with van der Waals surface area (Å²) in [6, 6.07) is 15.5. The second kappa shape index (κ2) is 5.77. The summed E-state index contributed by atoms with van der Waals surface area (Å²) in [4.78, 5) is 2.07. The van der Waals surface area contributed by atoms with Crippen LogP contribution < -0.4 is 10.6 Å². The summed E-state index contributed by atoms with van der Waals surface area (Å²) in [7, 11) is 1.98. The van der Waals surface area contributed by atoms with E-state index in [1.807, 2.05) is 31.3 Å². The molecule has 0 aromatic heterocycles. The molecular weight excluding hydrogens is 302 g/mol. The van der Waals surface area contributed by atoms with Crippen LogP contribution in [-0.4, -0.2) is 7.05 Å². The molecule has 0 heterocycles. The van der Waals surface area contributed by atoms with E-state index in [0.717, 1.165) is 16.7 Å². The topological polar surface area (TPSA) is 53.0 Å². The van der Waals surface area contributed by atoms with Gasteiger partial charge >= 0.3 is 0 Å². The van der Waals surface area contributed by atoms with Gasteiger partial charge in [0.05, 0.1) is 23.0 Å². The Bertz CT molecular complexity index is 632. The molecule has 3 nitrogen and oxygen atoms in total. The van der Waals surface area contributed by atoms with Gasteiger partial charge in [-0.25, -0.2) is 0 Å². The highest BCUT2D eigenvalue weighted by Gasteiger charge is 2.08. The van der Waals surface area contributed by atoms with Crippen LogP contribution in [0.5, 0.6) is 0 Å². The summed E-state index contributed by atoms with van der Waals surface area (Å²) in [6.07, 6.45) is 0. The summed E-state index contributed by atoms with van der Waals surface area (Å²) >= 11 is 3.54. The monoisotopic (exact) mass is 315 g/mol. The molecule has 0 unspecified atom stereocenters. The van der Waals surface area contributed by atoms with Crippen molar-refractivity contribution in [1.29, 1.82) is 5.26 Å². The number of rotatable bonds is 3. The van der Waals surface area contributed by atoms with Crippen LogP contribution in [0, 0.1) is 11.3 Å². The molecule has 2 aromatic rings. The van der Waals surface area contributed by atoms with Crippen molar-refractivity contribution >= 4 is 27.3 Å². The number of benzene rings is 2. The van der Waals surface area contributed by atoms with Crippen LogP contribution >= 0.6 is 15.9 Å². The molecule has 2 N–H and O–H groups in total. The van der Waals surface area contributed by atoms with Crippen LogP contribution in [0.3, 0.4) is 0 Å². The largest absolute Gasteiger partial charge is 0.397 e. The van der Waals surface area contributed by atoms with Crippen LogP contribution in [0.15, 0.2) is 46.9 Å². The first kappa shape index (κ1) is 13.4. The Hall–Kier alpha value is -1.99. The highest BCUT2D eigenvalue weighted by molar-refractivity contribution is 9.10. The fourth-order valence-corrected chi connectivity index (χ4v) is 2.35. The van der Waals surface area contributed by atoms with E-state index in [1.165, 1.54) is 5.56 Å². The molecule has 0 saturated heterocycles. The number of hydrogen-bond donors (Lipinski definition) is 1. The molecule has 0 atom stereocenters. The third-order valence-corrected chi connectivity index (χ3v) is 3.71. The van der Waals surface area contributed by atoms with Crippen LogP contribution in [0.2, 0.25) is 0 Å². The van der Waals surface area contributed by atoms with E-state index < -0.39 is 0 Å². The van der Waals surface area contributed by atoms with E-state index in [0.29, 0.717) is 11.3 Å². The lowest BCUT2D eigenvalue weighted by Crippen LogP contribution is -2.18. The minimum atomic E-state index is 0.579. The van der Waals surface area contributed by atoms with Crippen molar-refractivity contribution in [3.05, 3.63) is 58.1 Å². The van der Waals surface area contributed by atoms with Gasteiger partial charge in [-0.1, -0.05) is 34.1 Å². The molecule has 0 aliphatic rings. The van der Waals surface area contributed by atoms with Crippen molar-refractivity contribution < 1.29 is 0 Å². The average Bonchev–Trinajstić information content (AvgIpc) is 2.41. The van der Waals surface area contributed by atoms with Gasteiger partial charge in [0, 0.05) is 18.1 Å². The zero-order valence-electron chi connectivity index (χ0n) is 10.6. The van der Waals surface area contributed by atoms with Crippen molar-refractivity contribution in [3.63, 3.8) is 0 Å². The van der Waals surface area contributed by atoms with E-state index in [-0.39, 0.29) is 0 Å². The number of nitrogens with zero attached hydrogens (tertiary/aromatic N) is 2. The lowest BCUT2D eigenvalue weighted by atomic mass is 10.1. The number of halogens is 1. The van der Waals surface area contributed by atoms with Gasteiger partial charge in [-0.15, -0.1) is 0 Å². The Labute approximate surface area is 121 Å². The molecule has 0 spiro atoms. The Kier molecular flexibility index (Phi) is 4.08. The SMILES string of the molecule is CN(Cc1ccccc1Br)c1ccc(C#N)cc1N. The molecule has 0 fully saturated rings. The first-order valence-corrected chi connectivity index (χ1v) is 6.65. The van der Waals surface area contributed by atoms with Gasteiger partial charge in [-0.05, 0) is 29.8 Å². The smallest absolute Gasteiger partial charge is 0.0992 e. The maximum Gasteiger partial charge on any atom is 0.0992 e. The van der Waals surface area contributed by atoms with E-state index in [9.17, 15) is 0 Å². The molecule has 2 rings (SSSR count). The molecule has 96 valence electrons. The quantitative estimate of drug-likeness (QED) is 0.881. The van der Waals surface area contributed by atoms with E-state index in [2.05, 4.69) is 33.0 Å². The zero-order chi connectivity index (χ0) is 13.8. The first-order valence-electron chi connectivity index (χ1n) is 5.86. The van der Waals surface area contributed by atoms with Crippen molar-refractivity contribution in [2.45, 2.75) is 6.54 Å². The maximum absolute atomic E-state index is 8.84. The Morgan fingerprint density at radius 2 is 2.00 bits per heavy atom. The maximum atomic E-state index is 8.84. The lowest BCUT2D eigenvalue weighted by Gasteiger charge is -2.22. The first-order chi connectivity index (χ1) is 9.11. The van der Waals surface area contributed by atoms with Crippen molar-refractivity contribution in [1.82, 2.24) is 0 Å². The average molecular weight is 316 g/mol. The highest BCUT2D eigenvalue weighted by Crippen LogP contribution is 2.26. The molecule has 2 aromatic carbocycles. The summed E-state index contributed by atoms with van der Waals surface area (Å²) in [6.45, 7) is 0.748. The molecule has 0 aliphatic carbocycles. The Morgan fingerprint density at radius 3 is 2.63 bits per heavy atom. The van der Waals surface area contributed by atoms with Gasteiger partial charge in [0.1, 0.15) is 0 Å². The van der Waals surface area contributed by atoms with Gasteiger partial charge in [-0.2, -0.15) is 5.26 Å². The molecule has 0 bridgehead atoms. The Morgan fingerprint density at radius 1 is 1.26 bits per heavy atom. The molecule has 0 saturated carbocycles. The van der Waals surface area contributed by atoms with Crippen molar-refractivity contribution in [2.75, 3.05) is 17.7 Å². The van der Waals surface area contributed by atoms with Crippen LogP contribution in [-0.2, 0) is 6.54 Å². The predicted octanol–water partition coefficient (Wildman–Crippen LogP) is 3.54. The number of nitrogens with two attached hydrogens (primary N) is 1. The molecule has 0 amide bonds. The van der Waals surface area contributed by atoms with Gasteiger partial charge in [0.2, 0.25) is 0 Å². The van der Waals surface area contributed by atoms with Crippen LogP contribution in [0.25, 0.3) is 0 Å². The van der Waals surface area contributed by atoms with Crippen molar-refractivity contribution in [2.24, 2.45) is 0 Å². The number of nitriles is 1. The summed E-state index contributed by atoms with van der Waals surface area (Å²) in [5.41, 5.74) is 9.30. The van der Waals surface area contributed by atoms with E-state index in [4.69, 9.17) is 11.0 Å². The molecule has 0 radical (unpaired) electrons. The fraction of sp³-hybridized carbons (Fsp3) is 0.133. The normalized spacial score (nSPS) is 9.95. The summed E-state index contributed by atoms with van der Waals surface area (Å²) in [5, 5.41) is 8.84. The minimum Gasteiger partial charge on any atom is -0.397 e. The van der Waals surface area contributed by atoms with Gasteiger partial charge in [0.25, 0.3) is 0 Å². The highest BCUT2D eigenvalue weighted by atomic mass is 79.9. The molecule has 19 heavy (non-hydrogen) atoms. The Balaban J connectivity index is 2.24. The third-order valence-electron chi connectivity index (χ3n) is 2.93. The van der Waals surface area contributed by atoms with Crippen LogP contribution in [0.4, 0.5) is 11.4 Å². The summed E-state index contributed by atoms with van der Waals surface area (Å²) in [5.74, 6) is 0. The minimum absolute atomic E-state index is 0.579. The van der Waals surface area contributed by atoms with Crippen molar-refractivity contribution in [3.8, 4) is 6.07 Å². The molecule has 4 heteroatoms. The fourth-order valence-electron chi connectivity index (χ4n) is 1.94. The van der Waals surface area contributed by atoms with Gasteiger partial charge in [-0.3, -0.25) is 0 Å². The standard InChI is InChI=1S/C15H14BrN3/c1-19(10-12-4-2-3-5-13(12)16)15-7-6-11(9-17)8-14(15)18/h2-8H,10,18H2,1H3. The second-order valence-corrected chi connectivity index (χ2v) is 5.19. The second-order valence-electron chi connectivity index (χ2n) is 4.33. The van der Waals surface area contributed by atoms with E-state index >= 15 is 0 Å². The van der Waals surface area contributed by atoms with E-state index in [1.54, 1.807) is 12.1 Å². The van der Waals surface area contributed by atoms with Gasteiger partial charge < -0.3 is 10.6 Å². The number of anilines is 2. The van der Waals surface area contributed by atoms with Crippen LogP contribution in [0.1, 0.15) is 11.1 Å². The number of nitrogen functional groups attached to an aromatic ring is 1. The number of hydrogen-bond acceptors (Lipinski definition) is 3. The lowest BCUT2D eigenvalue weighted by molar-refractivity contribution is 0.920. The zero-order valence-corrected chi connectivity index (χ0v) is 12.2.